The molecule has 6 heteroatoms. The van der Waals surface area contributed by atoms with Gasteiger partial charge in [-0.15, -0.1) is 0 Å². The van der Waals surface area contributed by atoms with Crippen molar-refractivity contribution >= 4 is 17.3 Å². The van der Waals surface area contributed by atoms with Crippen molar-refractivity contribution in [2.45, 2.75) is 33.6 Å². The van der Waals surface area contributed by atoms with Crippen LogP contribution in [0.2, 0.25) is 0 Å². The third-order valence-electron chi connectivity index (χ3n) is 3.61. The van der Waals surface area contributed by atoms with Gasteiger partial charge >= 0.3 is 5.97 Å². The molecule has 1 aromatic rings. The molecule has 138 valence electrons. The largest absolute Gasteiger partial charge is 0.496 e. The van der Waals surface area contributed by atoms with Crippen molar-refractivity contribution in [3.63, 3.8) is 0 Å². The molecule has 6 nitrogen and oxygen atoms in total. The lowest BCUT2D eigenvalue weighted by Crippen LogP contribution is -2.11. The van der Waals surface area contributed by atoms with Gasteiger partial charge in [-0.1, -0.05) is 5.57 Å². The van der Waals surface area contributed by atoms with E-state index in [4.69, 9.17) is 18.9 Å². The van der Waals surface area contributed by atoms with Gasteiger partial charge in [0.15, 0.2) is 5.78 Å². The standard InChI is InChI=1S/C19H26O6/c1-7-25-17(21)9-8-14(20)18(12(2)3)19-15(23-5)10-13(22-4)11-16(19)24-6/h10-11H,7-9H2,1-6H3. The highest BCUT2D eigenvalue weighted by atomic mass is 16.5. The van der Waals surface area contributed by atoms with Gasteiger partial charge in [0.05, 0.1) is 39.9 Å². The summed E-state index contributed by atoms with van der Waals surface area (Å²) in [5.41, 5.74) is 1.83. The number of benzene rings is 1. The summed E-state index contributed by atoms with van der Waals surface area (Å²) in [7, 11) is 4.58. The molecular formula is C19H26O6. The molecule has 0 atom stereocenters. The van der Waals surface area contributed by atoms with Gasteiger partial charge in [-0.25, -0.2) is 0 Å². The molecule has 0 saturated heterocycles. The van der Waals surface area contributed by atoms with Gasteiger partial charge in [0.1, 0.15) is 17.2 Å². The van der Waals surface area contributed by atoms with Crippen LogP contribution in [0.15, 0.2) is 17.7 Å². The maximum atomic E-state index is 12.8. The lowest BCUT2D eigenvalue weighted by molar-refractivity contribution is -0.144. The van der Waals surface area contributed by atoms with Crippen molar-refractivity contribution in [2.75, 3.05) is 27.9 Å². The van der Waals surface area contributed by atoms with E-state index < -0.39 is 5.97 Å². The Hall–Kier alpha value is -2.50. The highest BCUT2D eigenvalue weighted by Gasteiger charge is 2.24. The van der Waals surface area contributed by atoms with Crippen LogP contribution in [0.3, 0.4) is 0 Å². The number of carbonyl (C=O) groups is 2. The average molecular weight is 350 g/mol. The van der Waals surface area contributed by atoms with Crippen LogP contribution < -0.4 is 14.2 Å². The van der Waals surface area contributed by atoms with Gasteiger partial charge < -0.3 is 18.9 Å². The van der Waals surface area contributed by atoms with E-state index in [1.807, 2.05) is 13.8 Å². The summed E-state index contributed by atoms with van der Waals surface area (Å²) in [6.07, 6.45) is 0.0852. The van der Waals surface area contributed by atoms with Crippen LogP contribution in [0.25, 0.3) is 5.57 Å². The Morgan fingerprint density at radius 3 is 1.88 bits per heavy atom. The molecule has 1 aromatic carbocycles. The van der Waals surface area contributed by atoms with Gasteiger partial charge in [0, 0.05) is 24.1 Å². The fourth-order valence-electron chi connectivity index (χ4n) is 2.49. The third-order valence-corrected chi connectivity index (χ3v) is 3.61. The molecule has 0 aliphatic carbocycles. The first-order valence-electron chi connectivity index (χ1n) is 8.06. The molecule has 0 fully saturated rings. The van der Waals surface area contributed by atoms with E-state index in [1.54, 1.807) is 26.2 Å². The smallest absolute Gasteiger partial charge is 0.306 e. The zero-order chi connectivity index (χ0) is 19.0. The van der Waals surface area contributed by atoms with Crippen molar-refractivity contribution < 1.29 is 28.5 Å². The fourth-order valence-corrected chi connectivity index (χ4v) is 2.49. The predicted molar refractivity (Wildman–Crippen MR) is 95.2 cm³/mol. The summed E-state index contributed by atoms with van der Waals surface area (Å²) in [5, 5.41) is 0. The number of Topliss-reactive ketones (excluding diaryl/α,β-unsaturated/α-hetero) is 1. The van der Waals surface area contributed by atoms with Crippen LogP contribution in [-0.4, -0.2) is 39.7 Å². The first kappa shape index (κ1) is 20.5. The summed E-state index contributed by atoms with van der Waals surface area (Å²) < 4.78 is 21.0. The van der Waals surface area contributed by atoms with Gasteiger partial charge in [0.25, 0.3) is 0 Å². The molecule has 0 aromatic heterocycles. The molecule has 0 bridgehead atoms. The Balaban J connectivity index is 3.30. The van der Waals surface area contributed by atoms with E-state index >= 15 is 0 Å². The monoisotopic (exact) mass is 350 g/mol. The highest BCUT2D eigenvalue weighted by Crippen LogP contribution is 2.40. The molecule has 0 saturated carbocycles. The van der Waals surface area contributed by atoms with E-state index in [1.165, 1.54) is 14.2 Å². The number of ketones is 1. The molecule has 0 aliphatic rings. The number of methoxy groups -OCH3 is 3. The summed E-state index contributed by atoms with van der Waals surface area (Å²) in [4.78, 5) is 24.3. The number of rotatable bonds is 9. The van der Waals surface area contributed by atoms with Crippen molar-refractivity contribution in [3.05, 3.63) is 23.3 Å². The summed E-state index contributed by atoms with van der Waals surface area (Å²) in [5.74, 6) is 0.936. The molecular weight excluding hydrogens is 324 g/mol. The zero-order valence-corrected chi connectivity index (χ0v) is 15.7. The Morgan fingerprint density at radius 1 is 0.920 bits per heavy atom. The SMILES string of the molecule is CCOC(=O)CCC(=O)C(=C(C)C)c1c(OC)cc(OC)cc1OC. The first-order chi connectivity index (χ1) is 11.9. The van der Waals surface area contributed by atoms with Gasteiger partial charge in [-0.05, 0) is 20.8 Å². The number of hydrogen-bond acceptors (Lipinski definition) is 6. The summed E-state index contributed by atoms with van der Waals surface area (Å²) >= 11 is 0. The molecule has 25 heavy (non-hydrogen) atoms. The lowest BCUT2D eigenvalue weighted by Gasteiger charge is -2.18. The van der Waals surface area contributed by atoms with Crippen molar-refractivity contribution in [1.82, 2.24) is 0 Å². The number of ether oxygens (including phenoxy) is 4. The average Bonchev–Trinajstić information content (AvgIpc) is 2.59. The minimum atomic E-state index is -0.391. The van der Waals surface area contributed by atoms with E-state index in [9.17, 15) is 9.59 Å². The van der Waals surface area contributed by atoms with Crippen LogP contribution in [0.1, 0.15) is 39.2 Å². The van der Waals surface area contributed by atoms with Crippen LogP contribution in [0, 0.1) is 0 Å². The topological polar surface area (TPSA) is 71.1 Å². The number of carbonyl (C=O) groups excluding carboxylic acids is 2. The number of hydrogen-bond donors (Lipinski definition) is 0. The Bertz CT molecular complexity index is 631. The predicted octanol–water partition coefficient (Wildman–Crippen LogP) is 3.42. The Morgan fingerprint density at radius 2 is 1.48 bits per heavy atom. The Labute approximate surface area is 148 Å². The van der Waals surface area contributed by atoms with E-state index in [2.05, 4.69) is 0 Å². The van der Waals surface area contributed by atoms with Crippen LogP contribution in [0.5, 0.6) is 17.2 Å². The normalized spacial score (nSPS) is 10.0. The van der Waals surface area contributed by atoms with Crippen LogP contribution in [-0.2, 0) is 14.3 Å². The first-order valence-corrected chi connectivity index (χ1v) is 8.06. The zero-order valence-electron chi connectivity index (χ0n) is 15.7. The van der Waals surface area contributed by atoms with Crippen molar-refractivity contribution in [3.8, 4) is 17.2 Å². The fraction of sp³-hybridized carbons (Fsp3) is 0.474. The minimum Gasteiger partial charge on any atom is -0.496 e. The van der Waals surface area contributed by atoms with Crippen LogP contribution >= 0.6 is 0 Å². The quantitative estimate of drug-likeness (QED) is 0.502. The molecule has 0 radical (unpaired) electrons. The van der Waals surface area contributed by atoms with Gasteiger partial charge in [-0.3, -0.25) is 9.59 Å². The molecule has 0 N–H and O–H groups in total. The molecule has 0 spiro atoms. The van der Waals surface area contributed by atoms with E-state index in [-0.39, 0.29) is 18.6 Å². The molecule has 1 rings (SSSR count). The highest BCUT2D eigenvalue weighted by molar-refractivity contribution is 6.23. The van der Waals surface area contributed by atoms with E-state index in [0.717, 1.165) is 5.57 Å². The van der Waals surface area contributed by atoms with Gasteiger partial charge in [-0.2, -0.15) is 0 Å². The second-order valence-electron chi connectivity index (χ2n) is 5.51. The molecule has 0 unspecified atom stereocenters. The third kappa shape index (κ3) is 5.24. The second kappa shape index (κ2) is 9.71. The van der Waals surface area contributed by atoms with Crippen LogP contribution in [0.4, 0.5) is 0 Å². The molecule has 0 amide bonds. The van der Waals surface area contributed by atoms with Gasteiger partial charge in [0.2, 0.25) is 0 Å². The van der Waals surface area contributed by atoms with Crippen molar-refractivity contribution in [1.29, 1.82) is 0 Å². The lowest BCUT2D eigenvalue weighted by atomic mass is 9.93. The van der Waals surface area contributed by atoms with Crippen molar-refractivity contribution in [2.24, 2.45) is 0 Å². The Kier molecular flexibility index (Phi) is 7.98. The number of esters is 1. The molecule has 0 aliphatic heterocycles. The summed E-state index contributed by atoms with van der Waals surface area (Å²) in [6.45, 7) is 5.69. The maximum Gasteiger partial charge on any atom is 0.306 e. The summed E-state index contributed by atoms with van der Waals surface area (Å²) in [6, 6.07) is 3.39. The number of allylic oxidation sites excluding steroid dienone is 2. The van der Waals surface area contributed by atoms with E-state index in [0.29, 0.717) is 35.0 Å². The second-order valence-corrected chi connectivity index (χ2v) is 5.51. The minimum absolute atomic E-state index is 0.0320. The molecule has 0 heterocycles. The maximum absolute atomic E-state index is 12.8.